The van der Waals surface area contributed by atoms with Crippen LogP contribution < -0.4 is 5.32 Å². The third-order valence-electron chi connectivity index (χ3n) is 9.80. The van der Waals surface area contributed by atoms with Gasteiger partial charge < -0.3 is 9.88 Å². The minimum Gasteiger partial charge on any atom is -0.367 e. The number of anilines is 1. The molecular weight excluding hydrogens is 642 g/mol. The normalized spacial score (nSPS) is 19.4. The van der Waals surface area contributed by atoms with E-state index < -0.39 is 12.6 Å². The number of likely N-dealkylation sites (tertiary alicyclic amines) is 1. The topological polar surface area (TPSA) is 76.2 Å². The molecule has 2 saturated heterocycles. The number of nitrogens with one attached hydrogen (secondary N) is 1. The summed E-state index contributed by atoms with van der Waals surface area (Å²) in [7, 11) is 0. The van der Waals surface area contributed by atoms with E-state index in [0.717, 1.165) is 80.9 Å². The average molecular weight is 685 g/mol. The van der Waals surface area contributed by atoms with E-state index in [1.807, 2.05) is 11.9 Å². The van der Waals surface area contributed by atoms with Crippen LogP contribution in [-0.4, -0.2) is 91.4 Å². The molecule has 2 aliphatic heterocycles. The molecule has 0 aliphatic carbocycles. The van der Waals surface area contributed by atoms with Gasteiger partial charge in [0, 0.05) is 79.2 Å². The lowest BCUT2D eigenvalue weighted by Gasteiger charge is -2.47. The number of piperidine rings is 1. The molecule has 2 fully saturated rings. The van der Waals surface area contributed by atoms with Crippen molar-refractivity contribution in [2.45, 2.75) is 83.8 Å². The van der Waals surface area contributed by atoms with Crippen LogP contribution in [0.1, 0.15) is 55.3 Å². The van der Waals surface area contributed by atoms with Gasteiger partial charge in [0.15, 0.2) is 0 Å². The zero-order valence-corrected chi connectivity index (χ0v) is 29.3. The number of nitrogens with zero attached hydrogens (tertiary/aromatic N) is 7. The van der Waals surface area contributed by atoms with Gasteiger partial charge in [0.25, 0.3) is 0 Å². The predicted molar refractivity (Wildman–Crippen MR) is 186 cm³/mol. The molecule has 0 bridgehead atoms. The number of halogens is 3. The molecule has 2 aliphatic rings. The van der Waals surface area contributed by atoms with Crippen molar-refractivity contribution in [2.24, 2.45) is 0 Å². The van der Waals surface area contributed by atoms with Gasteiger partial charge in [0.2, 0.25) is 0 Å². The number of rotatable bonds is 9. The molecule has 1 aromatic carbocycles. The molecule has 1 N–H and O–H groups in total. The van der Waals surface area contributed by atoms with E-state index in [2.05, 4.69) is 92.2 Å². The van der Waals surface area contributed by atoms with Gasteiger partial charge in [-0.1, -0.05) is 18.0 Å². The first-order chi connectivity index (χ1) is 22.3. The van der Waals surface area contributed by atoms with Crippen LogP contribution in [-0.2, 0) is 19.5 Å². The highest BCUT2D eigenvalue weighted by Gasteiger charge is 2.35. The number of aryl methyl sites for hydroxylation is 1. The Hall–Kier alpha value is -2.89. The quantitative estimate of drug-likeness (QED) is 0.188. The van der Waals surface area contributed by atoms with Gasteiger partial charge >= 0.3 is 6.18 Å². The van der Waals surface area contributed by atoms with E-state index in [0.29, 0.717) is 27.8 Å². The zero-order chi connectivity index (χ0) is 33.5. The van der Waals surface area contributed by atoms with Gasteiger partial charge in [0.05, 0.1) is 11.8 Å². The Balaban J connectivity index is 1.10. The summed E-state index contributed by atoms with van der Waals surface area (Å²) in [4.78, 5) is 14.4. The van der Waals surface area contributed by atoms with Crippen LogP contribution in [0.25, 0.3) is 21.1 Å². The molecule has 47 heavy (non-hydrogen) atoms. The summed E-state index contributed by atoms with van der Waals surface area (Å²) in [6.45, 7) is 15.5. The lowest BCUT2D eigenvalue weighted by molar-refractivity contribution is -0.126. The molecule has 1 atom stereocenters. The number of aromatic nitrogens is 3. The summed E-state index contributed by atoms with van der Waals surface area (Å²) < 4.78 is 43.5. The molecule has 1 unspecified atom stereocenters. The highest BCUT2D eigenvalue weighted by molar-refractivity contribution is 7.96. The monoisotopic (exact) mass is 684 g/mol. The maximum absolute atomic E-state index is 13.0. The Morgan fingerprint density at radius 3 is 2.57 bits per heavy atom. The summed E-state index contributed by atoms with van der Waals surface area (Å²) >= 11 is 2.89. The summed E-state index contributed by atoms with van der Waals surface area (Å²) in [6.07, 6.45) is 0.177. The molecular formula is C34H43F3N8S2. The van der Waals surface area contributed by atoms with Crippen molar-refractivity contribution in [3.63, 3.8) is 0 Å². The molecule has 4 aromatic rings. The van der Waals surface area contributed by atoms with Gasteiger partial charge in [-0.25, -0.2) is 14.3 Å². The fourth-order valence-corrected chi connectivity index (χ4v) is 9.07. The van der Waals surface area contributed by atoms with Crippen molar-refractivity contribution in [1.82, 2.24) is 28.6 Å². The predicted octanol–water partition coefficient (Wildman–Crippen LogP) is 7.07. The first kappa shape index (κ1) is 34.0. The van der Waals surface area contributed by atoms with E-state index >= 15 is 0 Å². The standard InChI is InChI=1S/C34H43F3N8S2/c1-22(43-12-13-45(46-5)33(3,4)20-43)18-44-26(17-38)14-28-23(2)24(6-7-30(28)44)19-42-10-8-25(9-11-42)41-31-29-15-27(16-34(35,36)37)47-32(29)40-21-39-31/h6-7,14-15,21-22,25H,8-13,16,18-20H2,1-5H3,(H,39,40,41). The number of thiophene rings is 1. The minimum absolute atomic E-state index is 0.0921. The number of benzene rings is 1. The van der Waals surface area contributed by atoms with Crippen LogP contribution in [0.2, 0.25) is 0 Å². The first-order valence-electron chi connectivity index (χ1n) is 16.2. The number of nitriles is 1. The fraction of sp³-hybridized carbons (Fsp3) is 0.559. The highest BCUT2D eigenvalue weighted by Crippen LogP contribution is 2.34. The van der Waals surface area contributed by atoms with E-state index in [-0.39, 0.29) is 16.5 Å². The lowest BCUT2D eigenvalue weighted by atomic mass is 10.0. The number of piperazine rings is 1. The molecule has 8 nitrogen and oxygen atoms in total. The average Bonchev–Trinajstić information content (AvgIpc) is 3.59. The molecule has 0 amide bonds. The zero-order valence-electron chi connectivity index (χ0n) is 27.7. The molecule has 3 aromatic heterocycles. The van der Waals surface area contributed by atoms with Crippen molar-refractivity contribution in [1.29, 1.82) is 5.26 Å². The van der Waals surface area contributed by atoms with E-state index in [1.165, 1.54) is 17.5 Å². The number of hydrogen-bond acceptors (Lipinski definition) is 9. The number of alkyl halides is 3. The maximum Gasteiger partial charge on any atom is 0.393 e. The van der Waals surface area contributed by atoms with E-state index in [4.69, 9.17) is 0 Å². The van der Waals surface area contributed by atoms with E-state index in [9.17, 15) is 18.4 Å². The summed E-state index contributed by atoms with van der Waals surface area (Å²) in [5.74, 6) is 0.609. The van der Waals surface area contributed by atoms with Crippen molar-refractivity contribution in [2.75, 3.05) is 44.3 Å². The van der Waals surface area contributed by atoms with Gasteiger partial charge in [-0.05, 0) is 76.1 Å². The van der Waals surface area contributed by atoms with Crippen molar-refractivity contribution in [3.8, 4) is 6.07 Å². The largest absolute Gasteiger partial charge is 0.393 e. The van der Waals surface area contributed by atoms with Crippen LogP contribution in [0.5, 0.6) is 0 Å². The molecule has 0 saturated carbocycles. The number of hydrogen-bond donors (Lipinski definition) is 1. The molecule has 13 heteroatoms. The second kappa shape index (κ2) is 13.6. The number of fused-ring (bicyclic) bond motifs is 2. The molecule has 6 rings (SSSR count). The van der Waals surface area contributed by atoms with Gasteiger partial charge in [-0.3, -0.25) is 9.80 Å². The van der Waals surface area contributed by atoms with Crippen LogP contribution in [0.15, 0.2) is 30.6 Å². The van der Waals surface area contributed by atoms with E-state index in [1.54, 1.807) is 6.07 Å². The lowest BCUT2D eigenvalue weighted by Crippen LogP contribution is -2.58. The Morgan fingerprint density at radius 1 is 1.13 bits per heavy atom. The van der Waals surface area contributed by atoms with Crippen molar-refractivity contribution in [3.05, 3.63) is 52.3 Å². The Labute approximate surface area is 283 Å². The maximum atomic E-state index is 13.0. The Bertz CT molecular complexity index is 1770. The highest BCUT2D eigenvalue weighted by atomic mass is 32.2. The molecule has 0 radical (unpaired) electrons. The third-order valence-corrected chi connectivity index (χ3v) is 12.0. The molecule has 0 spiro atoms. The molecule has 252 valence electrons. The summed E-state index contributed by atoms with van der Waals surface area (Å²) in [5.41, 5.74) is 4.39. The smallest absolute Gasteiger partial charge is 0.367 e. The second-order valence-corrected chi connectivity index (χ2v) is 15.5. The van der Waals surface area contributed by atoms with Crippen LogP contribution in [0.4, 0.5) is 19.0 Å². The van der Waals surface area contributed by atoms with Crippen LogP contribution in [0, 0.1) is 18.3 Å². The Morgan fingerprint density at radius 2 is 1.89 bits per heavy atom. The molecule has 5 heterocycles. The first-order valence-corrected chi connectivity index (χ1v) is 18.2. The van der Waals surface area contributed by atoms with Crippen LogP contribution in [0.3, 0.4) is 0 Å². The van der Waals surface area contributed by atoms with Gasteiger partial charge in [-0.15, -0.1) is 11.3 Å². The summed E-state index contributed by atoms with van der Waals surface area (Å²) in [5, 5.41) is 15.4. The van der Waals surface area contributed by atoms with Crippen molar-refractivity contribution < 1.29 is 13.2 Å². The SMILES string of the molecule is CSN1CCN(C(C)Cn2c(C#N)cc3c(C)c(CN4CCC(Nc5ncnc6sc(CC(F)(F)F)cc56)CC4)ccc32)CC1(C)C. The fourth-order valence-electron chi connectivity index (χ4n) is 7.23. The van der Waals surface area contributed by atoms with Gasteiger partial charge in [-0.2, -0.15) is 18.4 Å². The van der Waals surface area contributed by atoms with Crippen molar-refractivity contribution >= 4 is 50.2 Å². The third kappa shape index (κ3) is 7.42. The Kier molecular flexibility index (Phi) is 9.80. The van der Waals surface area contributed by atoms with Gasteiger partial charge in [0.1, 0.15) is 28.7 Å². The second-order valence-electron chi connectivity index (χ2n) is 13.6. The summed E-state index contributed by atoms with van der Waals surface area (Å²) in [6, 6.07) is 11.0. The van der Waals surface area contributed by atoms with Crippen LogP contribution >= 0.6 is 23.3 Å². The minimum atomic E-state index is -4.25.